The summed E-state index contributed by atoms with van der Waals surface area (Å²) in [6, 6.07) is 41.0. The predicted molar refractivity (Wildman–Crippen MR) is 170 cm³/mol. The van der Waals surface area contributed by atoms with Crippen LogP contribution in [0.5, 0.6) is 0 Å². The van der Waals surface area contributed by atoms with E-state index < -0.39 is 0 Å². The Labute approximate surface area is 246 Å². The molecule has 6 heteroatoms. The molecule has 5 nitrogen and oxygen atoms in total. The Hall–Kier alpha value is -5.88. The van der Waals surface area contributed by atoms with Crippen LogP contribution in [0.25, 0.3) is 78.0 Å². The van der Waals surface area contributed by atoms with Crippen LogP contribution in [-0.4, -0.2) is 24.9 Å². The Balaban J connectivity index is 1.32. The molecule has 43 heavy (non-hydrogen) atoms. The van der Waals surface area contributed by atoms with Crippen LogP contribution in [-0.2, 0) is 0 Å². The number of rotatable bonds is 4. The molecule has 3 aromatic heterocycles. The summed E-state index contributed by atoms with van der Waals surface area (Å²) in [7, 11) is 0. The molecule has 0 bridgehead atoms. The van der Waals surface area contributed by atoms with E-state index in [1.54, 1.807) is 12.3 Å². The summed E-state index contributed by atoms with van der Waals surface area (Å²) in [5, 5.41) is 2.76. The quantitative estimate of drug-likeness (QED) is 0.160. The van der Waals surface area contributed by atoms with Gasteiger partial charge in [-0.3, -0.25) is 4.98 Å². The fraction of sp³-hybridized carbons (Fsp3) is 0. The lowest BCUT2D eigenvalue weighted by molar-refractivity contribution is 0.629. The normalized spacial score (nSPS) is 11.4. The molecular formula is C37H22FN5. The summed E-state index contributed by atoms with van der Waals surface area (Å²) in [4.78, 5) is 24.2. The van der Waals surface area contributed by atoms with Gasteiger partial charge in [0.05, 0.1) is 16.6 Å². The monoisotopic (exact) mass is 555 g/mol. The fourth-order valence-corrected chi connectivity index (χ4v) is 5.50. The second-order valence-corrected chi connectivity index (χ2v) is 10.3. The number of hydrogen-bond donors (Lipinski definition) is 0. The number of halogens is 1. The average molecular weight is 556 g/mol. The molecule has 0 aliphatic carbocycles. The number of fused-ring (bicyclic) bond motifs is 4. The molecule has 0 unspecified atom stereocenters. The van der Waals surface area contributed by atoms with E-state index >= 15 is 0 Å². The Morgan fingerprint density at radius 3 is 1.81 bits per heavy atom. The van der Waals surface area contributed by atoms with Gasteiger partial charge in [0.1, 0.15) is 5.82 Å². The molecule has 0 saturated heterocycles. The van der Waals surface area contributed by atoms with Crippen LogP contribution in [0.3, 0.4) is 0 Å². The van der Waals surface area contributed by atoms with Gasteiger partial charge in [-0.25, -0.2) is 24.3 Å². The number of benzene rings is 5. The smallest absolute Gasteiger partial charge is 0.164 e. The summed E-state index contributed by atoms with van der Waals surface area (Å²) in [6.45, 7) is 0. The van der Waals surface area contributed by atoms with Crippen molar-refractivity contribution in [2.24, 2.45) is 0 Å². The topological polar surface area (TPSA) is 64.5 Å². The van der Waals surface area contributed by atoms with Gasteiger partial charge in [-0.05, 0) is 47.5 Å². The van der Waals surface area contributed by atoms with Crippen molar-refractivity contribution < 1.29 is 4.39 Å². The Kier molecular flexibility index (Phi) is 5.90. The van der Waals surface area contributed by atoms with Crippen molar-refractivity contribution >= 4 is 32.7 Å². The summed E-state index contributed by atoms with van der Waals surface area (Å²) in [5.41, 5.74) is 6.85. The van der Waals surface area contributed by atoms with Crippen LogP contribution < -0.4 is 0 Å². The predicted octanol–water partition coefficient (Wildman–Crippen LogP) is 8.93. The Bertz CT molecular complexity index is 2250. The van der Waals surface area contributed by atoms with Crippen LogP contribution in [0, 0.1) is 5.82 Å². The van der Waals surface area contributed by atoms with Gasteiger partial charge in [-0.1, -0.05) is 84.9 Å². The molecule has 0 N–H and O–H groups in total. The minimum Gasteiger partial charge on any atom is -0.254 e. The molecule has 5 aromatic carbocycles. The minimum atomic E-state index is -0.311. The summed E-state index contributed by atoms with van der Waals surface area (Å²) < 4.78 is 14.0. The highest BCUT2D eigenvalue weighted by molar-refractivity contribution is 6.12. The van der Waals surface area contributed by atoms with Crippen molar-refractivity contribution in [3.05, 3.63) is 139 Å². The molecule has 0 aliphatic heterocycles. The van der Waals surface area contributed by atoms with Crippen molar-refractivity contribution in [3.63, 3.8) is 0 Å². The van der Waals surface area contributed by atoms with E-state index in [1.807, 2.05) is 91.0 Å². The van der Waals surface area contributed by atoms with Gasteiger partial charge in [0.25, 0.3) is 0 Å². The molecule has 0 aliphatic rings. The average Bonchev–Trinajstić information content (AvgIpc) is 3.08. The first kappa shape index (κ1) is 24.9. The van der Waals surface area contributed by atoms with Gasteiger partial charge in [0.2, 0.25) is 0 Å². The third kappa shape index (κ3) is 4.55. The summed E-state index contributed by atoms with van der Waals surface area (Å²) in [5.74, 6) is 1.51. The standard InChI is InChI=1S/C37H22FN5/c38-29-17-16-26-20-28-21-31(30-15-8-18-39-34(30)33(28)40-32(26)22-29)25-13-7-14-27(19-25)37-42-35(23-9-3-1-4-10-23)41-36(43-37)24-11-5-2-6-12-24/h1-22H. The second-order valence-electron chi connectivity index (χ2n) is 10.3. The van der Waals surface area contributed by atoms with E-state index in [0.717, 1.165) is 55.0 Å². The maximum Gasteiger partial charge on any atom is 0.164 e. The zero-order chi connectivity index (χ0) is 28.8. The van der Waals surface area contributed by atoms with Crippen molar-refractivity contribution in [3.8, 4) is 45.3 Å². The van der Waals surface area contributed by atoms with Gasteiger partial charge in [0.15, 0.2) is 17.5 Å². The lowest BCUT2D eigenvalue weighted by Gasteiger charge is -2.12. The first-order chi connectivity index (χ1) is 21.2. The molecule has 0 atom stereocenters. The van der Waals surface area contributed by atoms with E-state index in [4.69, 9.17) is 24.9 Å². The van der Waals surface area contributed by atoms with E-state index in [2.05, 4.69) is 18.2 Å². The van der Waals surface area contributed by atoms with Gasteiger partial charge in [-0.2, -0.15) is 0 Å². The summed E-state index contributed by atoms with van der Waals surface area (Å²) >= 11 is 0. The Morgan fingerprint density at radius 2 is 1.09 bits per heavy atom. The van der Waals surface area contributed by atoms with Gasteiger partial charge in [-0.15, -0.1) is 0 Å². The third-order valence-electron chi connectivity index (χ3n) is 7.56. The molecule has 8 rings (SSSR count). The molecule has 8 aromatic rings. The maximum absolute atomic E-state index is 14.0. The highest BCUT2D eigenvalue weighted by Crippen LogP contribution is 2.36. The van der Waals surface area contributed by atoms with Crippen molar-refractivity contribution in [2.45, 2.75) is 0 Å². The maximum atomic E-state index is 14.0. The van der Waals surface area contributed by atoms with Gasteiger partial charge in [0, 0.05) is 45.1 Å². The molecule has 0 amide bonds. The zero-order valence-corrected chi connectivity index (χ0v) is 22.8. The van der Waals surface area contributed by atoms with Crippen molar-refractivity contribution in [1.82, 2.24) is 24.9 Å². The highest BCUT2D eigenvalue weighted by atomic mass is 19.1. The third-order valence-corrected chi connectivity index (χ3v) is 7.56. The first-order valence-corrected chi connectivity index (χ1v) is 14.0. The van der Waals surface area contributed by atoms with E-state index in [1.165, 1.54) is 12.1 Å². The number of aromatic nitrogens is 5. The SMILES string of the molecule is Fc1ccc2cc3cc(-c4cccc(-c5nc(-c6ccccc6)nc(-c6ccccc6)n5)c4)c4cccnc4c3nc2c1. The van der Waals surface area contributed by atoms with Crippen LogP contribution in [0.15, 0.2) is 134 Å². The number of hydrogen-bond acceptors (Lipinski definition) is 5. The van der Waals surface area contributed by atoms with Crippen LogP contribution in [0.2, 0.25) is 0 Å². The van der Waals surface area contributed by atoms with E-state index in [9.17, 15) is 4.39 Å². The Morgan fingerprint density at radius 1 is 0.442 bits per heavy atom. The number of nitrogens with zero attached hydrogens (tertiary/aromatic N) is 5. The van der Waals surface area contributed by atoms with Crippen molar-refractivity contribution in [2.75, 3.05) is 0 Å². The molecular weight excluding hydrogens is 533 g/mol. The van der Waals surface area contributed by atoms with E-state index in [0.29, 0.717) is 23.0 Å². The molecule has 0 spiro atoms. The second kappa shape index (κ2) is 10.2. The van der Waals surface area contributed by atoms with Gasteiger partial charge < -0.3 is 0 Å². The minimum absolute atomic E-state index is 0.311. The zero-order valence-electron chi connectivity index (χ0n) is 22.8. The largest absolute Gasteiger partial charge is 0.254 e. The molecule has 0 fully saturated rings. The first-order valence-electron chi connectivity index (χ1n) is 14.0. The summed E-state index contributed by atoms with van der Waals surface area (Å²) in [6.07, 6.45) is 1.76. The molecule has 0 saturated carbocycles. The highest BCUT2D eigenvalue weighted by Gasteiger charge is 2.15. The van der Waals surface area contributed by atoms with Crippen LogP contribution in [0.1, 0.15) is 0 Å². The molecule has 3 heterocycles. The fourth-order valence-electron chi connectivity index (χ4n) is 5.50. The molecule has 202 valence electrons. The van der Waals surface area contributed by atoms with Crippen LogP contribution >= 0.6 is 0 Å². The van der Waals surface area contributed by atoms with E-state index in [-0.39, 0.29) is 5.82 Å². The van der Waals surface area contributed by atoms with Crippen LogP contribution in [0.4, 0.5) is 4.39 Å². The molecule has 0 radical (unpaired) electrons. The lowest BCUT2D eigenvalue weighted by Crippen LogP contribution is -2.00. The van der Waals surface area contributed by atoms with Crippen molar-refractivity contribution in [1.29, 1.82) is 0 Å². The number of pyridine rings is 2. The van der Waals surface area contributed by atoms with Gasteiger partial charge >= 0.3 is 0 Å². The lowest BCUT2D eigenvalue weighted by atomic mass is 9.96.